The van der Waals surface area contributed by atoms with Gasteiger partial charge in [-0.15, -0.1) is 5.10 Å². The Bertz CT molecular complexity index is 3280. The second kappa shape index (κ2) is 22.9. The third-order valence-corrected chi connectivity index (χ3v) is 15.7. The molecule has 420 valence electrons. The molecule has 8 heterocycles. The molecular formula is C52H75BrN14O8S2. The number of pyridine rings is 2. The molecule has 2 aliphatic heterocycles. The lowest BCUT2D eigenvalue weighted by molar-refractivity contribution is 0.0972. The van der Waals surface area contributed by atoms with Crippen molar-refractivity contribution in [3.05, 3.63) is 88.3 Å². The predicted molar refractivity (Wildman–Crippen MR) is 297 cm³/mol. The molecule has 8 rings (SSSR count). The molecule has 0 saturated carbocycles. The van der Waals surface area contributed by atoms with E-state index in [0.717, 1.165) is 25.3 Å². The molecule has 77 heavy (non-hydrogen) atoms. The molecule has 3 N–H and O–H groups in total. The number of hydrogen-bond acceptors (Lipinski definition) is 16. The van der Waals surface area contributed by atoms with Crippen molar-refractivity contribution in [2.24, 2.45) is 36.8 Å². The van der Waals surface area contributed by atoms with Crippen LogP contribution in [0.1, 0.15) is 128 Å². The number of nitrogens with one attached hydrogen (secondary N) is 3. The molecule has 0 radical (unpaired) electrons. The summed E-state index contributed by atoms with van der Waals surface area (Å²) in [6.45, 7) is 31.1. The van der Waals surface area contributed by atoms with Crippen molar-refractivity contribution in [2.75, 3.05) is 36.1 Å². The van der Waals surface area contributed by atoms with Crippen LogP contribution in [0.5, 0.6) is 11.8 Å². The number of amides is 2. The molecule has 2 fully saturated rings. The Labute approximate surface area is 461 Å². The van der Waals surface area contributed by atoms with E-state index in [1.54, 1.807) is 75.4 Å². The first-order valence-electron chi connectivity index (χ1n) is 25.2. The zero-order valence-electron chi connectivity index (χ0n) is 47.1. The number of hydrogen-bond donors (Lipinski definition) is 3. The summed E-state index contributed by atoms with van der Waals surface area (Å²) in [4.78, 5) is 39.7. The molecule has 6 aromatic heterocycles. The maximum Gasteiger partial charge on any atom is 0.268 e. The number of halogens is 1. The van der Waals surface area contributed by atoms with E-state index in [2.05, 4.69) is 149 Å². The second-order valence-corrected chi connectivity index (χ2v) is 27.7. The van der Waals surface area contributed by atoms with E-state index < -0.39 is 31.9 Å². The van der Waals surface area contributed by atoms with Crippen LogP contribution < -0.4 is 28.7 Å². The molecule has 2 aliphatic rings. The summed E-state index contributed by atoms with van der Waals surface area (Å²) in [6, 6.07) is 10.0. The monoisotopic (exact) mass is 1170 g/mol. The van der Waals surface area contributed by atoms with E-state index in [4.69, 9.17) is 14.5 Å². The van der Waals surface area contributed by atoms with Gasteiger partial charge in [-0.25, -0.2) is 46.0 Å². The lowest BCUT2D eigenvalue weighted by Crippen LogP contribution is -2.41. The number of ether oxygens (including phenoxy) is 2. The first kappa shape index (κ1) is 59.9. The van der Waals surface area contributed by atoms with Crippen LogP contribution in [0, 0.1) is 36.5 Å². The summed E-state index contributed by atoms with van der Waals surface area (Å²) in [6.07, 6.45) is 8.02. The van der Waals surface area contributed by atoms with E-state index in [9.17, 15) is 26.4 Å². The Morgan fingerprint density at radius 3 is 1.58 bits per heavy atom. The summed E-state index contributed by atoms with van der Waals surface area (Å²) in [7, 11) is -4.94. The van der Waals surface area contributed by atoms with Gasteiger partial charge < -0.3 is 19.3 Å². The fraction of sp³-hybridized carbons (Fsp3) is 0.538. The predicted octanol–water partition coefficient (Wildman–Crippen LogP) is 7.94. The smallest absolute Gasteiger partial charge is 0.268 e. The van der Waals surface area contributed by atoms with Crippen LogP contribution in [0.3, 0.4) is 0 Å². The SMILES string of the molecule is CC(C)(C)COc1ccn[nH]1.Cc1nn(C)cc1S(=O)(=O)NC(=O)c1ccc(-n2ccc(OCC(C)(C)C)n2)nc1N1C[C@@H](C)CC1(C)C.Cc1nn(C)cc1S(=O)(=O)NC(=O)c1ccc(Br)nc1N1C[C@@H](C)CC1(C)C. The number of carbonyl (C=O) groups excluding carboxylic acids is 2. The summed E-state index contributed by atoms with van der Waals surface area (Å²) in [5, 5.41) is 19.1. The Morgan fingerprint density at radius 1 is 0.701 bits per heavy atom. The van der Waals surface area contributed by atoms with Gasteiger partial charge in [0.25, 0.3) is 31.9 Å². The largest absolute Gasteiger partial charge is 0.477 e. The minimum atomic E-state index is -4.14. The zero-order valence-corrected chi connectivity index (χ0v) is 50.3. The van der Waals surface area contributed by atoms with Gasteiger partial charge in [-0.2, -0.15) is 15.3 Å². The zero-order chi connectivity index (χ0) is 57.2. The number of rotatable bonds is 13. The molecule has 25 heteroatoms. The Kier molecular flexibility index (Phi) is 17.8. The third kappa shape index (κ3) is 15.5. The molecule has 0 bridgehead atoms. The highest BCUT2D eigenvalue weighted by Gasteiger charge is 2.41. The maximum absolute atomic E-state index is 13.4. The molecular weight excluding hydrogens is 1090 g/mol. The summed E-state index contributed by atoms with van der Waals surface area (Å²) >= 11 is 3.36. The van der Waals surface area contributed by atoms with Gasteiger partial charge in [0.15, 0.2) is 5.82 Å². The van der Waals surface area contributed by atoms with Crippen molar-refractivity contribution in [1.29, 1.82) is 0 Å². The molecule has 6 aromatic rings. The lowest BCUT2D eigenvalue weighted by atomic mass is 9.97. The molecule has 2 amide bonds. The standard InChI is InChI=1S/C26H37N7O4S.C18H24BrN5O3S.C8H14N2O/c1-17-13-26(6,7)32(14-17)23-19(24(34)30-38(35,36)20-15-31(8)28-18(20)2)9-10-21(27-23)33-12-11-22(29-33)37-16-25(3,4)5;1-11-8-18(3,4)24(9-11)16-13(6-7-15(19)20-16)17(25)22-28(26,27)14-10-23(5)21-12(14)2;1-8(2,3)6-11-7-4-5-9-10-7/h9-12,15,17H,13-14,16H2,1-8H3,(H,30,34);6-7,10-11H,8-9H2,1-5H3,(H,22,25);4-5H,6H2,1-3H3,(H,9,10)/t17-;11-;/m00./s1. The summed E-state index contributed by atoms with van der Waals surface area (Å²) in [5.41, 5.74) is 0.714. The Hall–Kier alpha value is -6.34. The molecule has 22 nitrogen and oxygen atoms in total. The average Bonchev–Trinajstić information content (AvgIpc) is 4.17. The van der Waals surface area contributed by atoms with E-state index in [1.807, 2.05) is 6.07 Å². The first-order chi connectivity index (χ1) is 35.5. The number of aromatic nitrogens is 10. The maximum atomic E-state index is 13.4. The topological polar surface area (TPSA) is 259 Å². The molecule has 0 spiro atoms. The highest BCUT2D eigenvalue weighted by Crippen LogP contribution is 2.39. The lowest BCUT2D eigenvalue weighted by Gasteiger charge is -2.34. The van der Waals surface area contributed by atoms with Gasteiger partial charge in [0, 0.05) is 69.0 Å². The van der Waals surface area contributed by atoms with Crippen LogP contribution in [0.15, 0.2) is 75.6 Å². The highest BCUT2D eigenvalue weighted by atomic mass is 79.9. The molecule has 2 saturated heterocycles. The Balaban J connectivity index is 0.000000214. The van der Waals surface area contributed by atoms with E-state index in [0.29, 0.717) is 70.9 Å². The second-order valence-electron chi connectivity index (χ2n) is 23.6. The van der Waals surface area contributed by atoms with Crippen LogP contribution in [-0.4, -0.2) is 116 Å². The van der Waals surface area contributed by atoms with Gasteiger partial charge in [-0.1, -0.05) is 55.4 Å². The van der Waals surface area contributed by atoms with Crippen LogP contribution in [0.4, 0.5) is 11.6 Å². The van der Waals surface area contributed by atoms with Crippen molar-refractivity contribution in [1.82, 2.24) is 59.0 Å². The molecule has 0 aliphatic carbocycles. The van der Waals surface area contributed by atoms with Crippen molar-refractivity contribution >= 4 is 59.4 Å². The van der Waals surface area contributed by atoms with Crippen molar-refractivity contribution in [3.63, 3.8) is 0 Å². The number of H-pyrrole nitrogens is 1. The van der Waals surface area contributed by atoms with Crippen molar-refractivity contribution in [2.45, 2.75) is 131 Å². The van der Waals surface area contributed by atoms with Crippen LogP contribution in [0.25, 0.3) is 5.82 Å². The Morgan fingerprint density at radius 2 is 1.17 bits per heavy atom. The fourth-order valence-electron chi connectivity index (χ4n) is 9.24. The van der Waals surface area contributed by atoms with Crippen molar-refractivity contribution in [3.8, 4) is 17.6 Å². The van der Waals surface area contributed by atoms with Gasteiger partial charge in [0.2, 0.25) is 11.8 Å². The van der Waals surface area contributed by atoms with Gasteiger partial charge in [0.05, 0.1) is 41.9 Å². The molecule has 0 aromatic carbocycles. The van der Waals surface area contributed by atoms with Gasteiger partial charge in [-0.3, -0.25) is 19.0 Å². The molecule has 0 unspecified atom stereocenters. The number of carbonyl (C=O) groups is 2. The van der Waals surface area contributed by atoms with Crippen LogP contribution in [-0.2, 0) is 34.1 Å². The van der Waals surface area contributed by atoms with Crippen LogP contribution in [0.2, 0.25) is 0 Å². The number of aromatic amines is 1. The normalized spacial score (nSPS) is 17.3. The van der Waals surface area contributed by atoms with E-state index >= 15 is 0 Å². The van der Waals surface area contributed by atoms with E-state index in [-0.39, 0.29) is 42.8 Å². The first-order valence-corrected chi connectivity index (χ1v) is 29.0. The van der Waals surface area contributed by atoms with Gasteiger partial charge >= 0.3 is 0 Å². The van der Waals surface area contributed by atoms with Gasteiger partial charge in [-0.05, 0) is 117 Å². The third-order valence-electron chi connectivity index (χ3n) is 12.4. The molecule has 2 atom stereocenters. The summed E-state index contributed by atoms with van der Waals surface area (Å²) < 4.78 is 72.0. The van der Waals surface area contributed by atoms with Gasteiger partial charge in [0.1, 0.15) is 26.0 Å². The highest BCUT2D eigenvalue weighted by molar-refractivity contribution is 9.10. The number of anilines is 2. The number of nitrogens with zero attached hydrogens (tertiary/aromatic N) is 11. The number of sulfonamides is 2. The average molecular weight is 1170 g/mol. The minimum Gasteiger partial charge on any atom is -0.477 e. The summed E-state index contributed by atoms with van der Waals surface area (Å²) in [5.74, 6) is 1.91. The quantitative estimate of drug-likeness (QED) is 0.0927. The minimum absolute atomic E-state index is 0.0169. The van der Waals surface area contributed by atoms with E-state index in [1.165, 1.54) is 21.8 Å². The van der Waals surface area contributed by atoms with Crippen molar-refractivity contribution < 1.29 is 35.9 Å². The fourth-order valence-corrected chi connectivity index (χ4v) is 11.9. The van der Waals surface area contributed by atoms with Crippen LogP contribution >= 0.6 is 15.9 Å². The number of aryl methyl sites for hydroxylation is 4.